The molecule has 1 atom stereocenters. The van der Waals surface area contributed by atoms with Gasteiger partial charge < -0.3 is 15.1 Å². The molecular weight excluding hydrogens is 407 g/mol. The molecule has 0 aliphatic carbocycles. The first-order valence-corrected chi connectivity index (χ1v) is 9.63. The predicted molar refractivity (Wildman–Crippen MR) is 108 cm³/mol. The van der Waals surface area contributed by atoms with Crippen LogP contribution in [0.2, 0.25) is 10.0 Å². The number of rotatable bonds is 5. The third-order valence-electron chi connectivity index (χ3n) is 3.90. The van der Waals surface area contributed by atoms with E-state index in [1.54, 1.807) is 30.3 Å². The molecule has 5 nitrogen and oxygen atoms in total. The van der Waals surface area contributed by atoms with E-state index in [-0.39, 0.29) is 23.6 Å². The Labute approximate surface area is 170 Å². The summed E-state index contributed by atoms with van der Waals surface area (Å²) in [6.45, 7) is 3.68. The van der Waals surface area contributed by atoms with Crippen molar-refractivity contribution in [1.29, 1.82) is 0 Å². The zero-order valence-corrected chi connectivity index (χ0v) is 16.8. The SMILES string of the molecule is Cc1cc(NC(=O)c2ccco2)sc1C(=O)N[C@@H](C)c1ccc(Cl)c(Cl)c1. The van der Waals surface area contributed by atoms with E-state index in [0.717, 1.165) is 11.1 Å². The van der Waals surface area contributed by atoms with Crippen molar-refractivity contribution in [2.24, 2.45) is 0 Å². The van der Waals surface area contributed by atoms with Gasteiger partial charge in [0.2, 0.25) is 0 Å². The fourth-order valence-electron chi connectivity index (χ4n) is 2.48. The molecule has 0 bridgehead atoms. The average molecular weight is 423 g/mol. The molecule has 27 heavy (non-hydrogen) atoms. The lowest BCUT2D eigenvalue weighted by atomic mass is 10.1. The molecule has 3 rings (SSSR count). The Kier molecular flexibility index (Phi) is 5.89. The van der Waals surface area contributed by atoms with Gasteiger partial charge in [-0.1, -0.05) is 29.3 Å². The fraction of sp³-hybridized carbons (Fsp3) is 0.158. The number of hydrogen-bond acceptors (Lipinski definition) is 4. The van der Waals surface area contributed by atoms with Crippen molar-refractivity contribution in [2.45, 2.75) is 19.9 Å². The number of amides is 2. The van der Waals surface area contributed by atoms with Crippen molar-refractivity contribution < 1.29 is 14.0 Å². The van der Waals surface area contributed by atoms with Crippen LogP contribution in [-0.4, -0.2) is 11.8 Å². The van der Waals surface area contributed by atoms with Gasteiger partial charge in [-0.15, -0.1) is 11.3 Å². The summed E-state index contributed by atoms with van der Waals surface area (Å²) in [5.41, 5.74) is 1.62. The van der Waals surface area contributed by atoms with Gasteiger partial charge in [0.1, 0.15) is 0 Å². The van der Waals surface area contributed by atoms with E-state index >= 15 is 0 Å². The first kappa shape index (κ1) is 19.5. The van der Waals surface area contributed by atoms with Crippen LogP contribution in [0.5, 0.6) is 0 Å². The van der Waals surface area contributed by atoms with Crippen molar-refractivity contribution in [2.75, 3.05) is 5.32 Å². The zero-order chi connectivity index (χ0) is 19.6. The van der Waals surface area contributed by atoms with Gasteiger partial charge in [-0.2, -0.15) is 0 Å². The summed E-state index contributed by atoms with van der Waals surface area (Å²) in [5, 5.41) is 7.13. The molecule has 140 valence electrons. The molecule has 2 amide bonds. The predicted octanol–water partition coefficient (Wildman–Crippen LogP) is 5.70. The second kappa shape index (κ2) is 8.17. The number of hydrogen-bond donors (Lipinski definition) is 2. The van der Waals surface area contributed by atoms with Gasteiger partial charge in [0.25, 0.3) is 11.8 Å². The Balaban J connectivity index is 1.70. The molecule has 0 saturated heterocycles. The summed E-state index contributed by atoms with van der Waals surface area (Å²) in [6.07, 6.45) is 1.43. The lowest BCUT2D eigenvalue weighted by Crippen LogP contribution is -2.26. The topological polar surface area (TPSA) is 71.3 Å². The molecule has 2 aromatic heterocycles. The van der Waals surface area contributed by atoms with Gasteiger partial charge in [-0.25, -0.2) is 0 Å². The second-order valence-electron chi connectivity index (χ2n) is 5.92. The van der Waals surface area contributed by atoms with Gasteiger partial charge in [-0.3, -0.25) is 9.59 Å². The Morgan fingerprint density at radius 1 is 1.11 bits per heavy atom. The van der Waals surface area contributed by atoms with E-state index in [9.17, 15) is 9.59 Å². The highest BCUT2D eigenvalue weighted by Gasteiger charge is 2.19. The molecular formula is C19H16Cl2N2O3S. The Hall–Kier alpha value is -2.28. The monoisotopic (exact) mass is 422 g/mol. The molecule has 0 radical (unpaired) electrons. The summed E-state index contributed by atoms with van der Waals surface area (Å²) in [4.78, 5) is 25.2. The van der Waals surface area contributed by atoms with E-state index in [2.05, 4.69) is 10.6 Å². The largest absolute Gasteiger partial charge is 0.459 e. The van der Waals surface area contributed by atoms with E-state index in [4.69, 9.17) is 27.6 Å². The standard InChI is InChI=1S/C19H16Cl2N2O3S/c1-10-8-16(23-18(24)15-4-3-7-26-15)27-17(10)19(25)22-11(2)12-5-6-13(20)14(21)9-12/h3-9,11H,1-2H3,(H,22,25)(H,23,24)/t11-/m0/s1. The molecule has 0 saturated carbocycles. The van der Waals surface area contributed by atoms with Crippen molar-refractivity contribution in [3.63, 3.8) is 0 Å². The summed E-state index contributed by atoms with van der Waals surface area (Å²) in [5.74, 6) is -0.382. The van der Waals surface area contributed by atoms with Crippen LogP contribution in [0.15, 0.2) is 47.1 Å². The number of carbonyl (C=O) groups is 2. The van der Waals surface area contributed by atoms with E-state index < -0.39 is 0 Å². The maximum Gasteiger partial charge on any atom is 0.291 e. The summed E-state index contributed by atoms with van der Waals surface area (Å²) in [6, 6.07) is 9.95. The van der Waals surface area contributed by atoms with Crippen LogP contribution in [0.25, 0.3) is 0 Å². The minimum absolute atomic E-state index is 0.209. The minimum Gasteiger partial charge on any atom is -0.459 e. The number of thiophene rings is 1. The van der Waals surface area contributed by atoms with Crippen LogP contribution in [-0.2, 0) is 0 Å². The number of carbonyl (C=O) groups excluding carboxylic acids is 2. The second-order valence-corrected chi connectivity index (χ2v) is 7.79. The summed E-state index contributed by atoms with van der Waals surface area (Å²) in [7, 11) is 0. The Morgan fingerprint density at radius 3 is 2.56 bits per heavy atom. The Bertz CT molecular complexity index is 983. The van der Waals surface area contributed by atoms with Crippen molar-refractivity contribution in [3.05, 3.63) is 74.5 Å². The van der Waals surface area contributed by atoms with Crippen LogP contribution >= 0.6 is 34.5 Å². The van der Waals surface area contributed by atoms with Gasteiger partial charge in [0, 0.05) is 0 Å². The molecule has 0 unspecified atom stereocenters. The van der Waals surface area contributed by atoms with Crippen LogP contribution < -0.4 is 10.6 Å². The molecule has 0 aliphatic heterocycles. The quantitative estimate of drug-likeness (QED) is 0.553. The van der Waals surface area contributed by atoms with Crippen LogP contribution in [0.4, 0.5) is 5.00 Å². The first-order valence-electron chi connectivity index (χ1n) is 8.06. The number of nitrogens with one attached hydrogen (secondary N) is 2. The molecule has 2 heterocycles. The molecule has 1 aromatic carbocycles. The highest BCUT2D eigenvalue weighted by atomic mass is 35.5. The fourth-order valence-corrected chi connectivity index (χ4v) is 3.76. The number of anilines is 1. The van der Waals surface area contributed by atoms with Crippen molar-refractivity contribution in [1.82, 2.24) is 5.32 Å². The smallest absolute Gasteiger partial charge is 0.291 e. The number of halogens is 2. The maximum atomic E-state index is 12.6. The van der Waals surface area contributed by atoms with Gasteiger partial charge >= 0.3 is 0 Å². The minimum atomic E-state index is -0.364. The van der Waals surface area contributed by atoms with Crippen LogP contribution in [0.3, 0.4) is 0 Å². The molecule has 0 fully saturated rings. The van der Waals surface area contributed by atoms with E-state index in [0.29, 0.717) is 19.9 Å². The maximum absolute atomic E-state index is 12.6. The third kappa shape index (κ3) is 4.53. The van der Waals surface area contributed by atoms with Gasteiger partial charge in [0.05, 0.1) is 32.2 Å². The highest BCUT2D eigenvalue weighted by Crippen LogP contribution is 2.29. The van der Waals surface area contributed by atoms with Crippen LogP contribution in [0, 0.1) is 6.92 Å². The molecule has 8 heteroatoms. The lowest BCUT2D eigenvalue weighted by Gasteiger charge is -2.14. The lowest BCUT2D eigenvalue weighted by molar-refractivity contribution is 0.0942. The summed E-state index contributed by atoms with van der Waals surface area (Å²) >= 11 is 13.2. The normalized spacial score (nSPS) is 11.9. The van der Waals surface area contributed by atoms with E-state index in [1.807, 2.05) is 19.9 Å². The van der Waals surface area contributed by atoms with Gasteiger partial charge in [-0.05, 0) is 55.3 Å². The van der Waals surface area contributed by atoms with Crippen LogP contribution in [0.1, 0.15) is 44.3 Å². The number of aryl methyl sites for hydroxylation is 1. The first-order chi connectivity index (χ1) is 12.8. The highest BCUT2D eigenvalue weighted by molar-refractivity contribution is 7.18. The number of benzene rings is 1. The number of furan rings is 1. The molecule has 0 spiro atoms. The molecule has 3 aromatic rings. The Morgan fingerprint density at radius 2 is 1.89 bits per heavy atom. The third-order valence-corrected chi connectivity index (χ3v) is 5.79. The van der Waals surface area contributed by atoms with Crippen molar-refractivity contribution in [3.8, 4) is 0 Å². The van der Waals surface area contributed by atoms with Gasteiger partial charge in [0.15, 0.2) is 5.76 Å². The zero-order valence-electron chi connectivity index (χ0n) is 14.5. The molecule has 0 aliphatic rings. The van der Waals surface area contributed by atoms with E-state index in [1.165, 1.54) is 17.6 Å². The summed E-state index contributed by atoms with van der Waals surface area (Å²) < 4.78 is 5.06. The molecule has 2 N–H and O–H groups in total. The average Bonchev–Trinajstić information content (AvgIpc) is 3.27. The van der Waals surface area contributed by atoms with Crippen molar-refractivity contribution >= 4 is 51.4 Å².